The number of halogens is 1. The number of hydrogen-bond acceptors (Lipinski definition) is 4. The third kappa shape index (κ3) is 6.64. The molecule has 0 aliphatic heterocycles. The van der Waals surface area contributed by atoms with Crippen LogP contribution in [0.2, 0.25) is 0 Å². The quantitative estimate of drug-likeness (QED) is 0.388. The molecule has 0 rings (SSSR count). The largest absolute Gasteiger partial charge is 0.462 e. The molecular formula is C13H21ClO4. The predicted molar refractivity (Wildman–Crippen MR) is 70.3 cm³/mol. The molecule has 0 spiro atoms. The van der Waals surface area contributed by atoms with E-state index >= 15 is 0 Å². The first-order valence-electron chi connectivity index (χ1n) is 6.25. The molecule has 0 N–H and O–H groups in total. The first-order chi connectivity index (χ1) is 8.54. The van der Waals surface area contributed by atoms with Crippen molar-refractivity contribution in [3.63, 3.8) is 0 Å². The van der Waals surface area contributed by atoms with Gasteiger partial charge in [0.15, 0.2) is 0 Å². The molecule has 18 heavy (non-hydrogen) atoms. The van der Waals surface area contributed by atoms with Gasteiger partial charge in [-0.1, -0.05) is 38.3 Å². The summed E-state index contributed by atoms with van der Waals surface area (Å²) < 4.78 is 9.86. The van der Waals surface area contributed by atoms with E-state index in [1.54, 1.807) is 0 Å². The van der Waals surface area contributed by atoms with Gasteiger partial charge in [-0.25, -0.2) is 9.59 Å². The molecule has 4 nitrogen and oxygen atoms in total. The van der Waals surface area contributed by atoms with Crippen LogP contribution in [0, 0.1) is 0 Å². The van der Waals surface area contributed by atoms with Crippen molar-refractivity contribution in [3.05, 3.63) is 10.6 Å². The van der Waals surface area contributed by atoms with Crippen molar-refractivity contribution in [1.82, 2.24) is 0 Å². The summed E-state index contributed by atoms with van der Waals surface area (Å²) in [4.78, 5) is 23.0. The fraction of sp³-hybridized carbons (Fsp3) is 0.692. The first kappa shape index (κ1) is 17.0. The highest BCUT2D eigenvalue weighted by Gasteiger charge is 2.17. The number of esters is 2. The smallest absolute Gasteiger partial charge is 0.350 e. The summed E-state index contributed by atoms with van der Waals surface area (Å²) in [6.07, 6.45) is 3.42. The Labute approximate surface area is 113 Å². The lowest BCUT2D eigenvalue weighted by molar-refractivity contribution is -0.141. The van der Waals surface area contributed by atoms with Crippen LogP contribution < -0.4 is 0 Å². The molecule has 0 aromatic rings. The van der Waals surface area contributed by atoms with Crippen LogP contribution in [0.1, 0.15) is 46.5 Å². The monoisotopic (exact) mass is 276 g/mol. The molecule has 0 radical (unpaired) electrons. The summed E-state index contributed by atoms with van der Waals surface area (Å²) in [6, 6.07) is 0. The molecule has 0 atom stereocenters. The third-order valence-corrected chi connectivity index (χ3v) is 2.71. The highest BCUT2D eigenvalue weighted by Crippen LogP contribution is 2.13. The Morgan fingerprint density at radius 1 is 0.944 bits per heavy atom. The molecule has 0 heterocycles. The Bertz CT molecular complexity index is 280. The van der Waals surface area contributed by atoms with Crippen molar-refractivity contribution in [2.24, 2.45) is 0 Å². The zero-order valence-electron chi connectivity index (χ0n) is 11.3. The summed E-state index contributed by atoms with van der Waals surface area (Å²) in [5.74, 6) is -1.24. The molecule has 104 valence electrons. The maximum atomic E-state index is 11.5. The average Bonchev–Trinajstić information content (AvgIpc) is 2.37. The maximum absolute atomic E-state index is 11.5. The van der Waals surface area contributed by atoms with Gasteiger partial charge in [-0.15, -0.1) is 0 Å². The van der Waals surface area contributed by atoms with Gasteiger partial charge in [0, 0.05) is 0 Å². The second-order valence-corrected chi connectivity index (χ2v) is 4.30. The Balaban J connectivity index is 4.30. The first-order valence-corrected chi connectivity index (χ1v) is 6.63. The fourth-order valence-corrected chi connectivity index (χ4v) is 1.16. The second kappa shape index (κ2) is 9.95. The van der Waals surface area contributed by atoms with Crippen LogP contribution in [0.25, 0.3) is 0 Å². The molecular weight excluding hydrogens is 256 g/mol. The zero-order valence-corrected chi connectivity index (χ0v) is 12.0. The van der Waals surface area contributed by atoms with Crippen molar-refractivity contribution in [1.29, 1.82) is 0 Å². The van der Waals surface area contributed by atoms with Crippen LogP contribution in [-0.4, -0.2) is 25.2 Å². The van der Waals surface area contributed by atoms with Crippen molar-refractivity contribution in [3.8, 4) is 0 Å². The summed E-state index contributed by atoms with van der Waals surface area (Å²) in [7, 11) is 0. The molecule has 0 fully saturated rings. The number of rotatable bonds is 8. The van der Waals surface area contributed by atoms with Crippen LogP contribution in [-0.2, 0) is 19.1 Å². The van der Waals surface area contributed by atoms with Crippen molar-refractivity contribution < 1.29 is 19.1 Å². The van der Waals surface area contributed by atoms with E-state index in [9.17, 15) is 9.59 Å². The standard InChI is InChI=1S/C13H21ClO4/c1-4-6-8-17-12(15)10(3)11(14)13(16)18-9-7-5-2/h4-9H2,1-3H3/b11-10+. The summed E-state index contributed by atoms with van der Waals surface area (Å²) in [5.41, 5.74) is 0.0919. The van der Waals surface area contributed by atoms with Crippen LogP contribution in [0.15, 0.2) is 10.6 Å². The molecule has 0 aromatic heterocycles. The number of unbranched alkanes of at least 4 members (excludes halogenated alkanes) is 2. The van der Waals surface area contributed by atoms with Crippen LogP contribution in [0.5, 0.6) is 0 Å². The Kier molecular flexibility index (Phi) is 9.38. The van der Waals surface area contributed by atoms with E-state index in [1.807, 2.05) is 13.8 Å². The number of ether oxygens (including phenoxy) is 2. The van der Waals surface area contributed by atoms with Crippen LogP contribution in [0.4, 0.5) is 0 Å². The number of carbonyl (C=O) groups excluding carboxylic acids is 2. The van der Waals surface area contributed by atoms with Crippen LogP contribution in [0.3, 0.4) is 0 Å². The highest BCUT2D eigenvalue weighted by molar-refractivity contribution is 6.43. The van der Waals surface area contributed by atoms with E-state index in [2.05, 4.69) is 0 Å². The Hall–Kier alpha value is -1.03. The van der Waals surface area contributed by atoms with Crippen molar-refractivity contribution in [2.45, 2.75) is 46.5 Å². The van der Waals surface area contributed by atoms with Crippen molar-refractivity contribution >= 4 is 23.5 Å². The minimum atomic E-state index is -0.671. The second-order valence-electron chi connectivity index (χ2n) is 3.92. The molecule has 0 unspecified atom stereocenters. The molecule has 0 saturated carbocycles. The molecule has 5 heteroatoms. The molecule has 0 aliphatic carbocycles. The lowest BCUT2D eigenvalue weighted by atomic mass is 10.3. The van der Waals surface area contributed by atoms with Gasteiger partial charge >= 0.3 is 11.9 Å². The predicted octanol–water partition coefficient (Wildman–Crippen LogP) is 3.19. The average molecular weight is 277 g/mol. The maximum Gasteiger partial charge on any atom is 0.350 e. The Morgan fingerprint density at radius 2 is 1.39 bits per heavy atom. The van der Waals surface area contributed by atoms with Gasteiger partial charge in [0.2, 0.25) is 0 Å². The zero-order chi connectivity index (χ0) is 14.0. The fourth-order valence-electron chi connectivity index (χ4n) is 1.03. The summed E-state index contributed by atoms with van der Waals surface area (Å²) in [6.45, 7) is 6.08. The van der Waals surface area contributed by atoms with Gasteiger partial charge in [-0.3, -0.25) is 0 Å². The van der Waals surface area contributed by atoms with Gasteiger partial charge in [0.1, 0.15) is 5.03 Å². The van der Waals surface area contributed by atoms with E-state index in [4.69, 9.17) is 21.1 Å². The van der Waals surface area contributed by atoms with Gasteiger partial charge in [0.25, 0.3) is 0 Å². The van der Waals surface area contributed by atoms with E-state index in [0.717, 1.165) is 25.7 Å². The highest BCUT2D eigenvalue weighted by atomic mass is 35.5. The third-order valence-electron chi connectivity index (χ3n) is 2.28. The summed E-state index contributed by atoms with van der Waals surface area (Å²) >= 11 is 5.77. The van der Waals surface area contributed by atoms with Gasteiger partial charge < -0.3 is 9.47 Å². The topological polar surface area (TPSA) is 52.6 Å². The molecule has 0 saturated heterocycles. The van der Waals surface area contributed by atoms with Gasteiger partial charge in [-0.2, -0.15) is 0 Å². The van der Waals surface area contributed by atoms with E-state index in [-0.39, 0.29) is 10.6 Å². The normalized spacial score (nSPS) is 11.8. The number of hydrogen-bond donors (Lipinski definition) is 0. The van der Waals surface area contributed by atoms with Gasteiger partial charge in [0.05, 0.1) is 18.8 Å². The van der Waals surface area contributed by atoms with E-state index < -0.39 is 11.9 Å². The SMILES string of the molecule is CCCCOC(=O)/C(C)=C(/Cl)C(=O)OCCCC. The molecule has 0 bridgehead atoms. The van der Waals surface area contributed by atoms with E-state index in [1.165, 1.54) is 6.92 Å². The van der Waals surface area contributed by atoms with Crippen LogP contribution >= 0.6 is 11.6 Å². The molecule has 0 aromatic carbocycles. The molecule has 0 amide bonds. The lowest BCUT2D eigenvalue weighted by Gasteiger charge is -2.07. The number of carbonyl (C=O) groups is 2. The van der Waals surface area contributed by atoms with Gasteiger partial charge in [-0.05, 0) is 19.8 Å². The van der Waals surface area contributed by atoms with E-state index in [0.29, 0.717) is 13.2 Å². The summed E-state index contributed by atoms with van der Waals surface area (Å²) in [5, 5.41) is -0.201. The minimum absolute atomic E-state index is 0.0919. The lowest BCUT2D eigenvalue weighted by Crippen LogP contribution is -2.13. The minimum Gasteiger partial charge on any atom is -0.462 e. The molecule has 0 aliphatic rings. The van der Waals surface area contributed by atoms with Crippen molar-refractivity contribution in [2.75, 3.05) is 13.2 Å². The Morgan fingerprint density at radius 3 is 1.83 bits per heavy atom.